The number of likely N-dealkylation sites (N-methyl/N-ethyl adjacent to an activating group) is 1. The molecule has 4 nitrogen and oxygen atoms in total. The number of ether oxygens (including phenoxy) is 2. The van der Waals surface area contributed by atoms with Crippen LogP contribution in [0.15, 0.2) is 24.3 Å². The third-order valence-electron chi connectivity index (χ3n) is 2.55. The van der Waals surface area contributed by atoms with Crippen LogP contribution in [0.2, 0.25) is 5.02 Å². The quantitative estimate of drug-likeness (QED) is 0.810. The van der Waals surface area contributed by atoms with Gasteiger partial charge in [0.2, 0.25) is 5.91 Å². The second kappa shape index (κ2) is 7.50. The molecule has 0 bridgehead atoms. The number of carbonyl (C=O) groups excluding carboxylic acids is 1. The van der Waals surface area contributed by atoms with Crippen molar-refractivity contribution in [1.82, 2.24) is 4.90 Å². The van der Waals surface area contributed by atoms with Crippen molar-refractivity contribution in [3.05, 3.63) is 29.3 Å². The normalized spacial score (nSPS) is 11.2. The van der Waals surface area contributed by atoms with Crippen molar-refractivity contribution in [2.45, 2.75) is 26.4 Å². The van der Waals surface area contributed by atoms with Crippen LogP contribution in [0.1, 0.15) is 20.8 Å². The fraction of sp³-hybridized carbons (Fsp3) is 0.533. The molecule has 0 saturated carbocycles. The van der Waals surface area contributed by atoms with Crippen molar-refractivity contribution < 1.29 is 14.3 Å². The van der Waals surface area contributed by atoms with E-state index in [-0.39, 0.29) is 18.1 Å². The molecule has 0 aliphatic heterocycles. The fourth-order valence-corrected chi connectivity index (χ4v) is 1.55. The van der Waals surface area contributed by atoms with E-state index in [4.69, 9.17) is 21.1 Å². The van der Waals surface area contributed by atoms with E-state index >= 15 is 0 Å². The van der Waals surface area contributed by atoms with Gasteiger partial charge in [0.1, 0.15) is 19.0 Å². The van der Waals surface area contributed by atoms with Gasteiger partial charge in [0.25, 0.3) is 0 Å². The minimum Gasteiger partial charge on any atom is -0.492 e. The largest absolute Gasteiger partial charge is 0.492 e. The molecule has 1 aromatic carbocycles. The summed E-state index contributed by atoms with van der Waals surface area (Å²) >= 11 is 5.86. The van der Waals surface area contributed by atoms with E-state index in [9.17, 15) is 4.79 Å². The van der Waals surface area contributed by atoms with Gasteiger partial charge in [-0.05, 0) is 39.0 Å². The molecule has 0 spiro atoms. The molecular formula is C15H22ClNO3. The van der Waals surface area contributed by atoms with Crippen LogP contribution in [0.25, 0.3) is 0 Å². The minimum atomic E-state index is -0.312. The first kappa shape index (κ1) is 16.8. The predicted octanol–water partition coefficient (Wildman–Crippen LogP) is 2.99. The Balaban J connectivity index is 2.29. The van der Waals surface area contributed by atoms with E-state index in [2.05, 4.69) is 0 Å². The smallest absolute Gasteiger partial charge is 0.248 e. The molecule has 0 saturated heterocycles. The topological polar surface area (TPSA) is 38.8 Å². The number of amides is 1. The van der Waals surface area contributed by atoms with E-state index in [0.717, 1.165) is 0 Å². The van der Waals surface area contributed by atoms with E-state index in [1.165, 1.54) is 0 Å². The highest BCUT2D eigenvalue weighted by atomic mass is 35.5. The summed E-state index contributed by atoms with van der Waals surface area (Å²) in [5.74, 6) is 0.638. The van der Waals surface area contributed by atoms with Crippen molar-refractivity contribution >= 4 is 17.5 Å². The minimum absolute atomic E-state index is 0.0605. The summed E-state index contributed by atoms with van der Waals surface area (Å²) in [6, 6.07) is 7.18. The molecule has 112 valence electrons. The first-order chi connectivity index (χ1) is 9.28. The van der Waals surface area contributed by atoms with Gasteiger partial charge in [-0.15, -0.1) is 0 Å². The summed E-state index contributed by atoms with van der Waals surface area (Å²) < 4.78 is 11.0. The first-order valence-corrected chi connectivity index (χ1v) is 6.92. The molecule has 20 heavy (non-hydrogen) atoms. The Morgan fingerprint density at radius 2 is 2.05 bits per heavy atom. The molecule has 0 fully saturated rings. The Kier molecular flexibility index (Phi) is 6.30. The summed E-state index contributed by atoms with van der Waals surface area (Å²) in [5.41, 5.74) is -0.312. The second-order valence-electron chi connectivity index (χ2n) is 5.52. The average molecular weight is 300 g/mol. The van der Waals surface area contributed by atoms with Crippen molar-refractivity contribution in [1.29, 1.82) is 0 Å². The summed E-state index contributed by atoms with van der Waals surface area (Å²) in [5, 5.41) is 0.630. The number of hydrogen-bond acceptors (Lipinski definition) is 3. The lowest BCUT2D eigenvalue weighted by Gasteiger charge is -2.22. The second-order valence-corrected chi connectivity index (χ2v) is 5.96. The van der Waals surface area contributed by atoms with Crippen molar-refractivity contribution in [2.24, 2.45) is 0 Å². The number of nitrogens with zero attached hydrogens (tertiary/aromatic N) is 1. The standard InChI is InChI=1S/C15H22ClNO3/c1-15(2,3)20-11-14(18)17(4)8-9-19-13-7-5-6-12(16)10-13/h5-7,10H,8-9,11H2,1-4H3. The Morgan fingerprint density at radius 1 is 1.35 bits per heavy atom. The molecular weight excluding hydrogens is 278 g/mol. The van der Waals surface area contributed by atoms with Gasteiger partial charge < -0.3 is 14.4 Å². The van der Waals surface area contributed by atoms with Crippen molar-refractivity contribution in [2.75, 3.05) is 26.8 Å². The van der Waals surface area contributed by atoms with Gasteiger partial charge in [-0.25, -0.2) is 0 Å². The van der Waals surface area contributed by atoms with Gasteiger partial charge in [0.15, 0.2) is 0 Å². The van der Waals surface area contributed by atoms with Crippen LogP contribution in [0.5, 0.6) is 5.75 Å². The molecule has 0 aliphatic carbocycles. The van der Waals surface area contributed by atoms with E-state index in [0.29, 0.717) is 23.9 Å². The van der Waals surface area contributed by atoms with Gasteiger partial charge in [-0.3, -0.25) is 4.79 Å². The maximum absolute atomic E-state index is 11.8. The van der Waals surface area contributed by atoms with Crippen LogP contribution in [0.3, 0.4) is 0 Å². The van der Waals surface area contributed by atoms with Gasteiger partial charge in [-0.1, -0.05) is 17.7 Å². The number of rotatable bonds is 6. The van der Waals surface area contributed by atoms with Gasteiger partial charge >= 0.3 is 0 Å². The molecule has 1 amide bonds. The van der Waals surface area contributed by atoms with Gasteiger partial charge in [0.05, 0.1) is 12.1 Å². The zero-order valence-electron chi connectivity index (χ0n) is 12.5. The Morgan fingerprint density at radius 3 is 2.65 bits per heavy atom. The summed E-state index contributed by atoms with van der Waals surface area (Å²) in [4.78, 5) is 13.4. The number of halogens is 1. The zero-order chi connectivity index (χ0) is 15.2. The number of benzene rings is 1. The molecule has 0 atom stereocenters. The number of hydrogen-bond donors (Lipinski definition) is 0. The first-order valence-electron chi connectivity index (χ1n) is 6.54. The van der Waals surface area contributed by atoms with E-state index in [1.807, 2.05) is 32.9 Å². The lowest BCUT2D eigenvalue weighted by atomic mass is 10.2. The van der Waals surface area contributed by atoms with Gasteiger partial charge in [-0.2, -0.15) is 0 Å². The van der Waals surface area contributed by atoms with E-state index < -0.39 is 0 Å². The molecule has 0 unspecified atom stereocenters. The maximum Gasteiger partial charge on any atom is 0.248 e. The van der Waals surface area contributed by atoms with Crippen LogP contribution in [-0.4, -0.2) is 43.2 Å². The molecule has 0 heterocycles. The predicted molar refractivity (Wildman–Crippen MR) is 80.3 cm³/mol. The van der Waals surface area contributed by atoms with Crippen molar-refractivity contribution in [3.63, 3.8) is 0 Å². The van der Waals surface area contributed by atoms with Crippen LogP contribution in [-0.2, 0) is 9.53 Å². The molecule has 0 radical (unpaired) electrons. The Labute approximate surface area is 125 Å². The summed E-state index contributed by atoms with van der Waals surface area (Å²) in [6.45, 7) is 6.75. The van der Waals surface area contributed by atoms with Crippen LogP contribution in [0.4, 0.5) is 0 Å². The van der Waals surface area contributed by atoms with E-state index in [1.54, 1.807) is 24.1 Å². The van der Waals surface area contributed by atoms with Gasteiger partial charge in [0, 0.05) is 12.1 Å². The fourth-order valence-electron chi connectivity index (χ4n) is 1.37. The van der Waals surface area contributed by atoms with Crippen LogP contribution in [0, 0.1) is 0 Å². The molecule has 1 aromatic rings. The third-order valence-corrected chi connectivity index (χ3v) is 2.78. The van der Waals surface area contributed by atoms with Crippen molar-refractivity contribution in [3.8, 4) is 5.75 Å². The summed E-state index contributed by atoms with van der Waals surface area (Å²) in [6.07, 6.45) is 0. The monoisotopic (exact) mass is 299 g/mol. The third kappa shape index (κ3) is 6.78. The Bertz CT molecular complexity index is 443. The highest BCUT2D eigenvalue weighted by Gasteiger charge is 2.15. The summed E-state index contributed by atoms with van der Waals surface area (Å²) in [7, 11) is 1.73. The number of carbonyl (C=O) groups is 1. The maximum atomic E-state index is 11.8. The van der Waals surface area contributed by atoms with Crippen LogP contribution >= 0.6 is 11.6 Å². The Hall–Kier alpha value is -1.26. The molecule has 1 rings (SSSR count). The highest BCUT2D eigenvalue weighted by molar-refractivity contribution is 6.30. The highest BCUT2D eigenvalue weighted by Crippen LogP contribution is 2.16. The SMILES string of the molecule is CN(CCOc1cccc(Cl)c1)C(=O)COC(C)(C)C. The molecule has 0 N–H and O–H groups in total. The lowest BCUT2D eigenvalue weighted by molar-refractivity contribution is -0.140. The lowest BCUT2D eigenvalue weighted by Crippen LogP contribution is -2.36. The molecule has 0 aliphatic rings. The molecule has 0 aromatic heterocycles. The molecule has 5 heteroatoms. The average Bonchev–Trinajstić information content (AvgIpc) is 2.35. The van der Waals surface area contributed by atoms with Crippen LogP contribution < -0.4 is 4.74 Å². The zero-order valence-corrected chi connectivity index (χ0v) is 13.2.